The summed E-state index contributed by atoms with van der Waals surface area (Å²) in [5, 5.41) is 20.6. The van der Waals surface area contributed by atoms with Gasteiger partial charge in [0.15, 0.2) is 0 Å². The molecule has 0 spiro atoms. The molecule has 0 aliphatic rings. The molecule has 2 N–H and O–H groups in total. The average Bonchev–Trinajstić information content (AvgIpc) is 2.45. The first-order valence-corrected chi connectivity index (χ1v) is 6.76. The Hall–Kier alpha value is -1.42. The topological polar surface area (TPSA) is 43.7 Å². The Balaban J connectivity index is 2.08. The van der Waals surface area contributed by atoms with Crippen molar-refractivity contribution in [3.8, 4) is 0 Å². The molecule has 0 bridgehead atoms. The second-order valence-corrected chi connectivity index (χ2v) is 4.68. The third kappa shape index (κ3) is 3.77. The van der Waals surface area contributed by atoms with Crippen LogP contribution >= 0.6 is 0 Å². The largest absolute Gasteiger partial charge is 0.395 e. The predicted octanol–water partition coefficient (Wildman–Crippen LogP) is 1.67. The molecule has 0 fully saturated rings. The summed E-state index contributed by atoms with van der Waals surface area (Å²) in [6, 6.07) is 14.7. The van der Waals surface area contributed by atoms with E-state index in [9.17, 15) is 0 Å². The van der Waals surface area contributed by atoms with Crippen LogP contribution in [0.1, 0.15) is 5.56 Å². The van der Waals surface area contributed by atoms with Crippen LogP contribution in [0.3, 0.4) is 0 Å². The quantitative estimate of drug-likeness (QED) is 0.795. The van der Waals surface area contributed by atoms with Gasteiger partial charge < -0.3 is 10.2 Å². The number of hydrogen-bond donors (Lipinski definition) is 2. The van der Waals surface area contributed by atoms with Gasteiger partial charge in [-0.25, -0.2) is 0 Å². The molecule has 0 unspecified atom stereocenters. The lowest BCUT2D eigenvalue weighted by Crippen LogP contribution is -2.31. The van der Waals surface area contributed by atoms with E-state index in [1.165, 1.54) is 16.3 Å². The van der Waals surface area contributed by atoms with Crippen LogP contribution in [0.5, 0.6) is 0 Å². The highest BCUT2D eigenvalue weighted by atomic mass is 16.3. The molecule has 19 heavy (non-hydrogen) atoms. The fraction of sp³-hybridized carbons (Fsp3) is 0.375. The van der Waals surface area contributed by atoms with Crippen molar-refractivity contribution in [1.82, 2.24) is 4.90 Å². The Morgan fingerprint density at radius 1 is 0.789 bits per heavy atom. The van der Waals surface area contributed by atoms with Crippen LogP contribution in [0.15, 0.2) is 42.5 Å². The van der Waals surface area contributed by atoms with Gasteiger partial charge in [0.2, 0.25) is 0 Å². The van der Waals surface area contributed by atoms with Crippen LogP contribution < -0.4 is 0 Å². The highest BCUT2D eigenvalue weighted by molar-refractivity contribution is 5.85. The van der Waals surface area contributed by atoms with Gasteiger partial charge >= 0.3 is 0 Å². The number of rotatable bonds is 7. The number of aliphatic hydroxyl groups is 2. The van der Waals surface area contributed by atoms with E-state index in [-0.39, 0.29) is 13.2 Å². The molecule has 0 saturated carbocycles. The first-order chi connectivity index (χ1) is 9.35. The minimum Gasteiger partial charge on any atom is -0.395 e. The third-order valence-electron chi connectivity index (χ3n) is 3.41. The van der Waals surface area contributed by atoms with Gasteiger partial charge in [0, 0.05) is 19.6 Å². The van der Waals surface area contributed by atoms with Crippen LogP contribution in [-0.2, 0) is 6.42 Å². The standard InChI is InChI=1S/C16H21NO2/c18-12-10-17(11-13-19)9-8-15-6-3-5-14-4-1-2-7-16(14)15/h1-7,18-19H,8-13H2. The molecule has 0 radical (unpaired) electrons. The maximum atomic E-state index is 9.01. The molecule has 102 valence electrons. The van der Waals surface area contributed by atoms with Crippen molar-refractivity contribution in [3.63, 3.8) is 0 Å². The van der Waals surface area contributed by atoms with Crippen molar-refractivity contribution in [2.24, 2.45) is 0 Å². The second kappa shape index (κ2) is 7.24. The van der Waals surface area contributed by atoms with E-state index < -0.39 is 0 Å². The molecule has 0 heterocycles. The number of hydrogen-bond acceptors (Lipinski definition) is 3. The zero-order chi connectivity index (χ0) is 13.5. The summed E-state index contributed by atoms with van der Waals surface area (Å²) in [6.45, 7) is 2.36. The van der Waals surface area contributed by atoms with Crippen molar-refractivity contribution in [2.75, 3.05) is 32.8 Å². The highest BCUT2D eigenvalue weighted by Gasteiger charge is 2.05. The van der Waals surface area contributed by atoms with Gasteiger partial charge in [0.25, 0.3) is 0 Å². The van der Waals surface area contributed by atoms with Crippen LogP contribution in [-0.4, -0.2) is 48.0 Å². The molecule has 2 aromatic rings. The summed E-state index contributed by atoms with van der Waals surface area (Å²) < 4.78 is 0. The monoisotopic (exact) mass is 259 g/mol. The van der Waals surface area contributed by atoms with Gasteiger partial charge in [-0.1, -0.05) is 42.5 Å². The van der Waals surface area contributed by atoms with E-state index in [1.807, 2.05) is 0 Å². The fourth-order valence-electron chi connectivity index (χ4n) is 2.41. The van der Waals surface area contributed by atoms with E-state index in [0.29, 0.717) is 13.1 Å². The highest BCUT2D eigenvalue weighted by Crippen LogP contribution is 2.19. The molecule has 0 aliphatic carbocycles. The molecular formula is C16H21NO2. The predicted molar refractivity (Wildman–Crippen MR) is 78.3 cm³/mol. The van der Waals surface area contributed by atoms with Crippen LogP contribution in [0.25, 0.3) is 10.8 Å². The van der Waals surface area contributed by atoms with Crippen molar-refractivity contribution in [1.29, 1.82) is 0 Å². The summed E-state index contributed by atoms with van der Waals surface area (Å²) in [5.41, 5.74) is 1.32. The minimum absolute atomic E-state index is 0.134. The van der Waals surface area contributed by atoms with Gasteiger partial charge in [-0.3, -0.25) is 4.90 Å². The number of benzene rings is 2. The molecule has 3 nitrogen and oxygen atoms in total. The maximum Gasteiger partial charge on any atom is 0.0558 e. The third-order valence-corrected chi connectivity index (χ3v) is 3.41. The Morgan fingerprint density at radius 2 is 1.47 bits per heavy atom. The molecule has 2 rings (SSSR count). The summed E-state index contributed by atoms with van der Waals surface area (Å²) in [5.74, 6) is 0. The van der Waals surface area contributed by atoms with Crippen molar-refractivity contribution < 1.29 is 10.2 Å². The van der Waals surface area contributed by atoms with Gasteiger partial charge in [0.05, 0.1) is 13.2 Å². The summed E-state index contributed by atoms with van der Waals surface area (Å²) in [4.78, 5) is 2.09. The Morgan fingerprint density at radius 3 is 2.21 bits per heavy atom. The van der Waals surface area contributed by atoms with Crippen LogP contribution in [0, 0.1) is 0 Å². The Bertz CT molecular complexity index is 502. The lowest BCUT2D eigenvalue weighted by Gasteiger charge is -2.20. The number of nitrogens with zero attached hydrogens (tertiary/aromatic N) is 1. The average molecular weight is 259 g/mol. The number of fused-ring (bicyclic) bond motifs is 1. The lowest BCUT2D eigenvalue weighted by atomic mass is 10.0. The molecule has 0 aliphatic heterocycles. The zero-order valence-electron chi connectivity index (χ0n) is 11.1. The Labute approximate surface area is 114 Å². The van der Waals surface area contributed by atoms with Gasteiger partial charge in [-0.05, 0) is 22.8 Å². The molecule has 3 heteroatoms. The van der Waals surface area contributed by atoms with Gasteiger partial charge in [-0.2, -0.15) is 0 Å². The van der Waals surface area contributed by atoms with E-state index in [4.69, 9.17) is 10.2 Å². The fourth-order valence-corrected chi connectivity index (χ4v) is 2.41. The van der Waals surface area contributed by atoms with E-state index in [0.717, 1.165) is 13.0 Å². The molecule has 0 saturated heterocycles. The maximum absolute atomic E-state index is 9.01. The smallest absolute Gasteiger partial charge is 0.0558 e. The number of aliphatic hydroxyl groups excluding tert-OH is 2. The van der Waals surface area contributed by atoms with Crippen molar-refractivity contribution >= 4 is 10.8 Å². The van der Waals surface area contributed by atoms with Crippen molar-refractivity contribution in [2.45, 2.75) is 6.42 Å². The summed E-state index contributed by atoms with van der Waals surface area (Å²) >= 11 is 0. The van der Waals surface area contributed by atoms with Gasteiger partial charge in [-0.15, -0.1) is 0 Å². The molecule has 0 atom stereocenters. The SMILES string of the molecule is OCCN(CCO)CCc1cccc2ccccc12. The van der Waals surface area contributed by atoms with E-state index >= 15 is 0 Å². The van der Waals surface area contributed by atoms with Crippen molar-refractivity contribution in [3.05, 3.63) is 48.0 Å². The van der Waals surface area contributed by atoms with E-state index in [2.05, 4.69) is 47.4 Å². The molecule has 0 amide bonds. The summed E-state index contributed by atoms with van der Waals surface area (Å²) in [6.07, 6.45) is 0.932. The minimum atomic E-state index is 0.134. The lowest BCUT2D eigenvalue weighted by molar-refractivity contribution is 0.162. The summed E-state index contributed by atoms with van der Waals surface area (Å²) in [7, 11) is 0. The second-order valence-electron chi connectivity index (χ2n) is 4.68. The van der Waals surface area contributed by atoms with Crippen LogP contribution in [0.2, 0.25) is 0 Å². The first kappa shape index (κ1) is 14.0. The molecule has 2 aromatic carbocycles. The molecular weight excluding hydrogens is 238 g/mol. The van der Waals surface area contributed by atoms with Crippen LogP contribution in [0.4, 0.5) is 0 Å². The van der Waals surface area contributed by atoms with Gasteiger partial charge in [0.1, 0.15) is 0 Å². The van der Waals surface area contributed by atoms with E-state index in [1.54, 1.807) is 0 Å². The molecule has 0 aromatic heterocycles. The Kier molecular flexibility index (Phi) is 5.33. The first-order valence-electron chi connectivity index (χ1n) is 6.76. The zero-order valence-corrected chi connectivity index (χ0v) is 11.1. The normalized spacial score (nSPS) is 11.3.